The van der Waals surface area contributed by atoms with E-state index in [1.54, 1.807) is 0 Å². The Bertz CT molecular complexity index is 1520. The fraction of sp³-hybridized carbons (Fsp3) is 0.333. The predicted molar refractivity (Wildman–Crippen MR) is 114 cm³/mol. The van der Waals surface area contributed by atoms with Crippen LogP contribution in [-0.4, -0.2) is 40.6 Å². The second-order valence-corrected chi connectivity index (χ2v) is 11.4. The number of hydrogen-bond donors (Lipinski definition) is 0. The molecule has 0 amide bonds. The van der Waals surface area contributed by atoms with E-state index >= 15 is 0 Å². The van der Waals surface area contributed by atoms with E-state index < -0.39 is 48.9 Å². The third-order valence-electron chi connectivity index (χ3n) is 5.79. The minimum atomic E-state index is -5.90. The monoisotopic (exact) mass is 572 g/mol. The molecule has 0 aromatic heterocycles. The first-order valence-electron chi connectivity index (χ1n) is 10.4. The summed E-state index contributed by atoms with van der Waals surface area (Å²) in [6.07, 6.45) is 0.859. The molecule has 200 valence electrons. The molecule has 0 bridgehead atoms. The van der Waals surface area contributed by atoms with Gasteiger partial charge < -0.3 is 17.8 Å². The smallest absolute Gasteiger partial charge is 0.488 e. The lowest BCUT2D eigenvalue weighted by Crippen LogP contribution is -2.30. The molecular weight excluding hydrogens is 558 g/mol. The SMILES string of the molecule is O=S(=O)(Oc1ccc2c(c1)OC(C1CC1)C1=C2COc2cc(OS(=O)(=O)C(F)(F)F)ccc21)C(F)(F)F. The van der Waals surface area contributed by atoms with E-state index in [0.29, 0.717) is 22.3 Å². The lowest BCUT2D eigenvalue weighted by Gasteiger charge is -2.35. The fourth-order valence-electron chi connectivity index (χ4n) is 4.01. The molecule has 1 fully saturated rings. The van der Waals surface area contributed by atoms with Gasteiger partial charge in [0.05, 0.1) is 0 Å². The largest absolute Gasteiger partial charge is 0.534 e. The van der Waals surface area contributed by atoms with E-state index in [-0.39, 0.29) is 24.0 Å². The van der Waals surface area contributed by atoms with Crippen molar-refractivity contribution in [2.45, 2.75) is 30.0 Å². The van der Waals surface area contributed by atoms with Gasteiger partial charge in [-0.25, -0.2) is 0 Å². The molecule has 2 aromatic carbocycles. The van der Waals surface area contributed by atoms with Crippen molar-refractivity contribution >= 4 is 31.4 Å². The molecule has 1 atom stereocenters. The summed E-state index contributed by atoms with van der Waals surface area (Å²) in [6, 6.07) is 6.69. The number of ether oxygens (including phenoxy) is 2. The van der Waals surface area contributed by atoms with Gasteiger partial charge in [0.1, 0.15) is 35.7 Å². The maximum absolute atomic E-state index is 12.7. The molecule has 2 aliphatic heterocycles. The molecule has 0 N–H and O–H groups in total. The van der Waals surface area contributed by atoms with E-state index in [9.17, 15) is 43.2 Å². The third kappa shape index (κ3) is 4.56. The number of rotatable bonds is 5. The van der Waals surface area contributed by atoms with Crippen molar-refractivity contribution in [3.63, 3.8) is 0 Å². The highest BCUT2D eigenvalue weighted by molar-refractivity contribution is 7.88. The van der Waals surface area contributed by atoms with Crippen LogP contribution in [0.5, 0.6) is 23.0 Å². The van der Waals surface area contributed by atoms with Crippen molar-refractivity contribution < 1.29 is 61.0 Å². The summed E-state index contributed by atoms with van der Waals surface area (Å²) < 4.78 is 142. The van der Waals surface area contributed by atoms with E-state index in [1.807, 2.05) is 0 Å². The van der Waals surface area contributed by atoms with E-state index in [2.05, 4.69) is 8.37 Å². The summed E-state index contributed by atoms with van der Waals surface area (Å²) in [5.74, 6) is -1.13. The van der Waals surface area contributed by atoms with Gasteiger partial charge in [-0.1, -0.05) is 0 Å². The fourth-order valence-corrected chi connectivity index (χ4v) is 4.91. The molecule has 0 saturated heterocycles. The van der Waals surface area contributed by atoms with Crippen LogP contribution >= 0.6 is 0 Å². The average molecular weight is 572 g/mol. The number of benzene rings is 2. The molecular formula is C21H14F6O8S2. The molecule has 5 rings (SSSR count). The molecule has 1 unspecified atom stereocenters. The molecule has 0 radical (unpaired) electrons. The van der Waals surface area contributed by atoms with Gasteiger partial charge in [0, 0.05) is 40.3 Å². The highest BCUT2D eigenvalue weighted by Crippen LogP contribution is 2.52. The second-order valence-electron chi connectivity index (χ2n) is 8.34. The maximum atomic E-state index is 12.7. The summed E-state index contributed by atoms with van der Waals surface area (Å²) in [5, 5.41) is 0. The van der Waals surface area contributed by atoms with E-state index in [4.69, 9.17) is 9.47 Å². The Balaban J connectivity index is 1.53. The maximum Gasteiger partial charge on any atom is 0.534 e. The topological polar surface area (TPSA) is 105 Å². The van der Waals surface area contributed by atoms with Gasteiger partial charge >= 0.3 is 31.3 Å². The summed E-state index contributed by atoms with van der Waals surface area (Å²) in [4.78, 5) is 0. The average Bonchev–Trinajstić information content (AvgIpc) is 3.61. The summed E-state index contributed by atoms with van der Waals surface area (Å²) in [7, 11) is -11.8. The third-order valence-corrected chi connectivity index (χ3v) is 7.74. The highest BCUT2D eigenvalue weighted by Gasteiger charge is 2.50. The van der Waals surface area contributed by atoms with Crippen molar-refractivity contribution in [2.75, 3.05) is 6.61 Å². The minimum absolute atomic E-state index is 0.00545. The predicted octanol–water partition coefficient (Wildman–Crippen LogP) is 4.62. The van der Waals surface area contributed by atoms with Crippen LogP contribution in [0.25, 0.3) is 11.1 Å². The second kappa shape index (κ2) is 8.18. The molecule has 37 heavy (non-hydrogen) atoms. The van der Waals surface area contributed by atoms with Gasteiger partial charge in [0.2, 0.25) is 0 Å². The van der Waals surface area contributed by atoms with Gasteiger partial charge in [0.25, 0.3) is 0 Å². The first-order valence-corrected chi connectivity index (χ1v) is 13.2. The lowest BCUT2D eigenvalue weighted by atomic mass is 9.85. The normalized spacial score (nSPS) is 19.7. The Morgan fingerprint density at radius 1 is 0.757 bits per heavy atom. The Kier molecular flexibility index (Phi) is 5.64. The van der Waals surface area contributed by atoms with Crippen molar-refractivity contribution in [1.82, 2.24) is 0 Å². The number of hydrogen-bond acceptors (Lipinski definition) is 8. The van der Waals surface area contributed by atoms with Crippen LogP contribution in [0.3, 0.4) is 0 Å². The summed E-state index contributed by atoms with van der Waals surface area (Å²) >= 11 is 0. The minimum Gasteiger partial charge on any atom is -0.488 e. The zero-order valence-corrected chi connectivity index (χ0v) is 19.7. The van der Waals surface area contributed by atoms with E-state index in [1.165, 1.54) is 12.1 Å². The van der Waals surface area contributed by atoms with E-state index in [0.717, 1.165) is 37.1 Å². The highest BCUT2D eigenvalue weighted by atomic mass is 32.2. The zero-order valence-electron chi connectivity index (χ0n) is 18.1. The summed E-state index contributed by atoms with van der Waals surface area (Å²) in [5.41, 5.74) is -9.29. The van der Waals surface area contributed by atoms with Crippen molar-refractivity contribution in [3.8, 4) is 23.0 Å². The quantitative estimate of drug-likeness (QED) is 0.291. The van der Waals surface area contributed by atoms with Crippen LogP contribution in [0.1, 0.15) is 24.0 Å². The van der Waals surface area contributed by atoms with Gasteiger partial charge in [-0.3, -0.25) is 0 Å². The molecule has 3 aliphatic rings. The van der Waals surface area contributed by atoms with Crippen LogP contribution < -0.4 is 17.8 Å². The van der Waals surface area contributed by atoms with Crippen molar-refractivity contribution in [3.05, 3.63) is 47.5 Å². The molecule has 2 heterocycles. The number of halogens is 6. The van der Waals surface area contributed by atoms with Gasteiger partial charge in [-0.15, -0.1) is 0 Å². The molecule has 1 aliphatic carbocycles. The molecule has 0 spiro atoms. The lowest BCUT2D eigenvalue weighted by molar-refractivity contribution is -0.0504. The Hall–Kier alpha value is -3.14. The molecule has 16 heteroatoms. The van der Waals surface area contributed by atoms with Crippen LogP contribution in [-0.2, 0) is 20.2 Å². The Labute approximate surface area is 205 Å². The molecule has 2 aromatic rings. The van der Waals surface area contributed by atoms with Crippen LogP contribution in [0, 0.1) is 5.92 Å². The van der Waals surface area contributed by atoms with Crippen LogP contribution in [0.2, 0.25) is 0 Å². The van der Waals surface area contributed by atoms with Crippen molar-refractivity contribution in [2.24, 2.45) is 5.92 Å². The summed E-state index contributed by atoms with van der Waals surface area (Å²) in [6.45, 7) is -0.140. The van der Waals surface area contributed by atoms with Gasteiger partial charge in [-0.05, 0) is 37.1 Å². The Morgan fingerprint density at radius 3 is 1.78 bits per heavy atom. The molecule has 8 nitrogen and oxygen atoms in total. The van der Waals surface area contributed by atoms with Crippen molar-refractivity contribution in [1.29, 1.82) is 0 Å². The number of fused-ring (bicyclic) bond motifs is 4. The first-order chi connectivity index (χ1) is 17.1. The molecule has 1 saturated carbocycles. The van der Waals surface area contributed by atoms with Crippen LogP contribution in [0.4, 0.5) is 26.3 Å². The van der Waals surface area contributed by atoms with Gasteiger partial charge in [-0.2, -0.15) is 43.2 Å². The van der Waals surface area contributed by atoms with Gasteiger partial charge in [0.15, 0.2) is 0 Å². The first kappa shape index (κ1) is 25.5. The number of alkyl halides is 6. The Morgan fingerprint density at radius 2 is 1.27 bits per heavy atom. The standard InChI is InChI=1S/C21H14F6O8S2/c22-20(23,24)36(28,29)34-11-4-6-14-16(7-11)32-9-15-13-5-3-12(35-37(30,31)21(25,26)27)8-17(13)33-19(18(14)15)10-1-2-10/h3-8,10,19H,1-2,9H2. The zero-order chi connectivity index (χ0) is 27.0. The van der Waals surface area contributed by atoms with Crippen LogP contribution in [0.15, 0.2) is 36.4 Å².